The van der Waals surface area contributed by atoms with Gasteiger partial charge in [0.25, 0.3) is 0 Å². The molecule has 0 aromatic heterocycles. The topological polar surface area (TPSA) is 23.1 Å². The van der Waals surface area contributed by atoms with E-state index in [2.05, 4.69) is 18.8 Å². The van der Waals surface area contributed by atoms with Crippen molar-refractivity contribution in [3.63, 3.8) is 0 Å². The van der Waals surface area contributed by atoms with Gasteiger partial charge in [-0.05, 0) is 18.8 Å². The third kappa shape index (κ3) is 2.64. The Balaban J connectivity index is 0.00000169. The average Bonchev–Trinajstić information content (AvgIpc) is 2.57. The third-order valence-electron chi connectivity index (χ3n) is 2.78. The molecular weight excluding hydrogens is 227 g/mol. The van der Waals surface area contributed by atoms with Crippen LogP contribution in [-0.2, 0) is 0 Å². The van der Waals surface area contributed by atoms with E-state index in [1.165, 1.54) is 0 Å². The van der Waals surface area contributed by atoms with Crippen LogP contribution in [0.2, 0.25) is 0 Å². The fourth-order valence-corrected chi connectivity index (χ4v) is 5.79. The molecule has 0 spiro atoms. The fourth-order valence-electron chi connectivity index (χ4n) is 2.06. The van der Waals surface area contributed by atoms with Crippen LogP contribution in [0.5, 0.6) is 0 Å². The smallest absolute Gasteiger partial charge is 0.847 e. The van der Waals surface area contributed by atoms with E-state index in [0.29, 0.717) is 0 Å². The van der Waals surface area contributed by atoms with E-state index in [1.807, 2.05) is 0 Å². The molecule has 1 aliphatic carbocycles. The molecular formula is C9H17LiOS3. The van der Waals surface area contributed by atoms with Gasteiger partial charge in [0.2, 0.25) is 0 Å². The maximum absolute atomic E-state index is 12.6. The Labute approximate surface area is 112 Å². The summed E-state index contributed by atoms with van der Waals surface area (Å²) in [5, 5.41) is 12.6. The quantitative estimate of drug-likeness (QED) is 0.487. The van der Waals surface area contributed by atoms with Crippen molar-refractivity contribution < 1.29 is 24.0 Å². The molecule has 0 amide bonds. The van der Waals surface area contributed by atoms with Crippen LogP contribution in [0.25, 0.3) is 0 Å². The van der Waals surface area contributed by atoms with Gasteiger partial charge in [-0.2, -0.15) is 0 Å². The van der Waals surface area contributed by atoms with Gasteiger partial charge in [-0.3, -0.25) is 0 Å². The molecule has 0 atom stereocenters. The van der Waals surface area contributed by atoms with Crippen molar-refractivity contribution >= 4 is 35.3 Å². The molecule has 1 saturated carbocycles. The van der Waals surface area contributed by atoms with Gasteiger partial charge >= 0.3 is 18.9 Å². The Morgan fingerprint density at radius 1 is 1.00 bits per heavy atom. The molecule has 1 nitrogen and oxygen atoms in total. The van der Waals surface area contributed by atoms with E-state index >= 15 is 0 Å². The molecule has 1 fully saturated rings. The van der Waals surface area contributed by atoms with Crippen molar-refractivity contribution in [2.45, 2.75) is 34.7 Å². The van der Waals surface area contributed by atoms with Gasteiger partial charge in [0, 0.05) is 0 Å². The van der Waals surface area contributed by atoms with E-state index in [4.69, 9.17) is 0 Å². The predicted molar refractivity (Wildman–Crippen MR) is 64.5 cm³/mol. The molecule has 0 radical (unpaired) electrons. The predicted octanol–water partition coefficient (Wildman–Crippen LogP) is -0.594. The van der Waals surface area contributed by atoms with Crippen LogP contribution in [0.1, 0.15) is 25.7 Å². The SMILES string of the molecule is CSC(SC)(SC)C1([O-])CCCC1.[Li+]. The normalized spacial score (nSPS) is 20.6. The van der Waals surface area contributed by atoms with Crippen LogP contribution >= 0.6 is 35.3 Å². The van der Waals surface area contributed by atoms with E-state index in [-0.39, 0.29) is 22.3 Å². The van der Waals surface area contributed by atoms with Crippen molar-refractivity contribution in [1.29, 1.82) is 0 Å². The standard InChI is InChI=1S/C9H17OS3.Li/c1-11-9(12-2,13-3)8(10)6-4-5-7-8;/h4-7H2,1-3H3;/q-1;+1. The summed E-state index contributed by atoms with van der Waals surface area (Å²) >= 11 is 5.18. The summed E-state index contributed by atoms with van der Waals surface area (Å²) in [6.45, 7) is 0. The van der Waals surface area contributed by atoms with Gasteiger partial charge in [0.15, 0.2) is 0 Å². The van der Waals surface area contributed by atoms with Gasteiger partial charge in [-0.1, -0.05) is 31.3 Å². The van der Waals surface area contributed by atoms with Crippen LogP contribution in [-0.4, -0.2) is 27.8 Å². The minimum Gasteiger partial charge on any atom is -0.847 e. The largest absolute Gasteiger partial charge is 1.00 e. The van der Waals surface area contributed by atoms with Crippen LogP contribution in [0.15, 0.2) is 0 Å². The first-order chi connectivity index (χ1) is 6.14. The molecule has 0 saturated heterocycles. The summed E-state index contributed by atoms with van der Waals surface area (Å²) < 4.78 is -0.163. The number of thioether (sulfide) groups is 3. The number of hydrogen-bond acceptors (Lipinski definition) is 4. The van der Waals surface area contributed by atoms with Crippen LogP contribution in [0.4, 0.5) is 0 Å². The summed E-state index contributed by atoms with van der Waals surface area (Å²) in [7, 11) is 0. The maximum atomic E-state index is 12.6. The van der Waals surface area contributed by atoms with Crippen molar-refractivity contribution in [3.05, 3.63) is 0 Å². The second-order valence-electron chi connectivity index (χ2n) is 3.37. The monoisotopic (exact) mass is 244 g/mol. The summed E-state index contributed by atoms with van der Waals surface area (Å²) in [5.41, 5.74) is -0.703. The Hall–Kier alpha value is 1.61. The van der Waals surface area contributed by atoms with Gasteiger partial charge in [0.1, 0.15) is 0 Å². The van der Waals surface area contributed by atoms with Crippen molar-refractivity contribution in [3.8, 4) is 0 Å². The molecule has 0 heterocycles. The average molecular weight is 244 g/mol. The summed E-state index contributed by atoms with van der Waals surface area (Å²) in [5.74, 6) is 0. The first-order valence-corrected chi connectivity index (χ1v) is 8.17. The Morgan fingerprint density at radius 3 is 1.64 bits per heavy atom. The van der Waals surface area contributed by atoms with E-state index in [0.717, 1.165) is 25.7 Å². The first kappa shape index (κ1) is 15.6. The van der Waals surface area contributed by atoms with Crippen LogP contribution < -0.4 is 24.0 Å². The molecule has 0 bridgehead atoms. The molecule has 0 aromatic rings. The zero-order valence-electron chi connectivity index (χ0n) is 9.46. The summed E-state index contributed by atoms with van der Waals surface area (Å²) in [6.07, 6.45) is 10.1. The van der Waals surface area contributed by atoms with E-state index in [9.17, 15) is 5.11 Å². The van der Waals surface area contributed by atoms with Gasteiger partial charge in [-0.25, -0.2) is 0 Å². The number of rotatable bonds is 4. The van der Waals surface area contributed by atoms with E-state index < -0.39 is 5.60 Å². The van der Waals surface area contributed by atoms with Crippen molar-refractivity contribution in [1.82, 2.24) is 0 Å². The maximum Gasteiger partial charge on any atom is 1.00 e. The van der Waals surface area contributed by atoms with Crippen LogP contribution in [0.3, 0.4) is 0 Å². The minimum absolute atomic E-state index is 0. The van der Waals surface area contributed by atoms with Gasteiger partial charge in [0.05, 0.1) is 3.41 Å². The van der Waals surface area contributed by atoms with Crippen molar-refractivity contribution in [2.75, 3.05) is 18.8 Å². The number of hydrogen-bond donors (Lipinski definition) is 0. The molecule has 0 unspecified atom stereocenters. The fraction of sp³-hybridized carbons (Fsp3) is 1.00. The van der Waals surface area contributed by atoms with Gasteiger partial charge in [-0.15, -0.1) is 35.3 Å². The first-order valence-electron chi connectivity index (χ1n) is 4.50. The summed E-state index contributed by atoms with van der Waals surface area (Å²) in [4.78, 5) is 0. The Kier molecular flexibility index (Phi) is 7.10. The van der Waals surface area contributed by atoms with Crippen molar-refractivity contribution in [2.24, 2.45) is 0 Å². The Morgan fingerprint density at radius 2 is 1.36 bits per heavy atom. The zero-order valence-corrected chi connectivity index (χ0v) is 11.9. The third-order valence-corrected chi connectivity index (χ3v) is 8.50. The molecule has 5 heteroatoms. The van der Waals surface area contributed by atoms with Gasteiger partial charge < -0.3 is 5.11 Å². The second kappa shape index (κ2) is 6.37. The Bertz CT molecular complexity index is 159. The molecule has 0 N–H and O–H groups in total. The molecule has 0 aromatic carbocycles. The molecule has 14 heavy (non-hydrogen) atoms. The van der Waals surface area contributed by atoms with E-state index in [1.54, 1.807) is 35.3 Å². The molecule has 1 aliphatic rings. The molecule has 1 rings (SSSR count). The summed E-state index contributed by atoms with van der Waals surface area (Å²) in [6, 6.07) is 0. The second-order valence-corrected chi connectivity index (χ2v) is 7.21. The minimum atomic E-state index is -0.703. The molecule has 78 valence electrons. The van der Waals surface area contributed by atoms with Crippen LogP contribution in [0, 0.1) is 0 Å². The molecule has 0 aliphatic heterocycles. The zero-order chi connectivity index (χ0) is 9.95.